The maximum Gasteiger partial charge on any atom is 0.139 e. The number of phenolic OH excluding ortho intramolecular Hbond substituents is 1. The number of rotatable bonds is 0. The van der Waals surface area contributed by atoms with Crippen molar-refractivity contribution in [1.82, 2.24) is 0 Å². The van der Waals surface area contributed by atoms with E-state index in [1.54, 1.807) is 12.1 Å². The fourth-order valence-electron chi connectivity index (χ4n) is 2.07. The van der Waals surface area contributed by atoms with Gasteiger partial charge in [-0.3, -0.25) is 0 Å². The van der Waals surface area contributed by atoms with Crippen LogP contribution in [0, 0.1) is 0 Å². The summed E-state index contributed by atoms with van der Waals surface area (Å²) in [6, 6.07) is 13.3. The zero-order valence-corrected chi connectivity index (χ0v) is 9.14. The summed E-state index contributed by atoms with van der Waals surface area (Å²) >= 11 is 0. The molecule has 84 valence electrons. The Morgan fingerprint density at radius 3 is 2.18 bits per heavy atom. The molecule has 0 saturated carbocycles. The zero-order chi connectivity index (χ0) is 12.0. The van der Waals surface area contributed by atoms with E-state index in [1.807, 2.05) is 30.3 Å². The minimum absolute atomic E-state index is 0.118. The molecule has 0 aliphatic rings. The van der Waals surface area contributed by atoms with Gasteiger partial charge in [-0.2, -0.15) is 0 Å². The van der Waals surface area contributed by atoms with Crippen LogP contribution in [0.25, 0.3) is 21.5 Å². The normalized spacial score (nSPS) is 11.1. The van der Waals surface area contributed by atoms with E-state index in [0.29, 0.717) is 5.69 Å². The minimum Gasteiger partial charge on any atom is -0.506 e. The van der Waals surface area contributed by atoms with Gasteiger partial charge >= 0.3 is 0 Å². The minimum atomic E-state index is 0.118. The summed E-state index contributed by atoms with van der Waals surface area (Å²) in [6.07, 6.45) is 0. The van der Waals surface area contributed by atoms with Gasteiger partial charge in [0, 0.05) is 5.69 Å². The number of aromatic hydroxyl groups is 1. The quantitative estimate of drug-likeness (QED) is 0.312. The second-order valence-electron chi connectivity index (χ2n) is 4.22. The number of anilines is 2. The summed E-state index contributed by atoms with van der Waals surface area (Å²) in [5, 5.41) is 13.7. The Morgan fingerprint density at radius 2 is 1.35 bits per heavy atom. The van der Waals surface area contributed by atoms with E-state index >= 15 is 0 Å². The second kappa shape index (κ2) is 3.28. The SMILES string of the molecule is Nc1ccc2cc3cc(O)c(N)cc3cc2c1. The third-order valence-corrected chi connectivity index (χ3v) is 2.97. The van der Waals surface area contributed by atoms with Gasteiger partial charge in [0.05, 0.1) is 5.69 Å². The first-order valence-corrected chi connectivity index (χ1v) is 5.35. The molecule has 0 heterocycles. The van der Waals surface area contributed by atoms with Gasteiger partial charge in [0.2, 0.25) is 0 Å². The van der Waals surface area contributed by atoms with Gasteiger partial charge in [0.25, 0.3) is 0 Å². The maximum atomic E-state index is 9.59. The lowest BCUT2D eigenvalue weighted by Gasteiger charge is -2.06. The zero-order valence-electron chi connectivity index (χ0n) is 9.14. The first kappa shape index (κ1) is 9.78. The molecule has 3 aromatic carbocycles. The van der Waals surface area contributed by atoms with Crippen LogP contribution < -0.4 is 11.5 Å². The molecule has 0 amide bonds. The monoisotopic (exact) mass is 224 g/mol. The van der Waals surface area contributed by atoms with E-state index in [0.717, 1.165) is 27.2 Å². The third-order valence-electron chi connectivity index (χ3n) is 2.97. The van der Waals surface area contributed by atoms with Gasteiger partial charge in [-0.1, -0.05) is 6.07 Å². The molecule has 5 N–H and O–H groups in total. The Hall–Kier alpha value is -2.42. The Balaban J connectivity index is 2.43. The maximum absolute atomic E-state index is 9.59. The molecule has 0 atom stereocenters. The third kappa shape index (κ3) is 1.52. The number of benzene rings is 3. The molecule has 3 heteroatoms. The molecule has 0 radical (unpaired) electrons. The van der Waals surface area contributed by atoms with E-state index in [-0.39, 0.29) is 5.75 Å². The van der Waals surface area contributed by atoms with Crippen LogP contribution in [-0.2, 0) is 0 Å². The highest BCUT2D eigenvalue weighted by atomic mass is 16.3. The van der Waals surface area contributed by atoms with Crippen molar-refractivity contribution in [3.63, 3.8) is 0 Å². The summed E-state index contributed by atoms with van der Waals surface area (Å²) in [5.41, 5.74) is 12.6. The predicted octanol–water partition coefficient (Wildman–Crippen LogP) is 2.86. The van der Waals surface area contributed by atoms with Gasteiger partial charge in [0.15, 0.2) is 0 Å². The molecule has 3 nitrogen and oxygen atoms in total. The number of hydrogen-bond donors (Lipinski definition) is 3. The summed E-state index contributed by atoms with van der Waals surface area (Å²) in [4.78, 5) is 0. The highest BCUT2D eigenvalue weighted by Gasteiger charge is 2.03. The summed E-state index contributed by atoms with van der Waals surface area (Å²) in [5.74, 6) is 0.118. The van der Waals surface area contributed by atoms with Gasteiger partial charge < -0.3 is 16.6 Å². The lowest BCUT2D eigenvalue weighted by molar-refractivity contribution is 0.479. The summed E-state index contributed by atoms with van der Waals surface area (Å²) in [7, 11) is 0. The fraction of sp³-hybridized carbons (Fsp3) is 0. The van der Waals surface area contributed by atoms with Crippen molar-refractivity contribution in [2.45, 2.75) is 0 Å². The number of nitrogens with two attached hydrogens (primary N) is 2. The Morgan fingerprint density at radius 1 is 0.706 bits per heavy atom. The van der Waals surface area contributed by atoms with Gasteiger partial charge in [-0.15, -0.1) is 0 Å². The van der Waals surface area contributed by atoms with Gasteiger partial charge in [-0.05, 0) is 57.9 Å². The molecule has 0 bridgehead atoms. The molecule has 0 spiro atoms. The lowest BCUT2D eigenvalue weighted by Crippen LogP contribution is -1.87. The predicted molar refractivity (Wildman–Crippen MR) is 71.9 cm³/mol. The van der Waals surface area contributed by atoms with Crippen LogP contribution >= 0.6 is 0 Å². The smallest absolute Gasteiger partial charge is 0.139 e. The van der Waals surface area contributed by atoms with Crippen molar-refractivity contribution in [2.75, 3.05) is 11.5 Å². The van der Waals surface area contributed by atoms with E-state index in [4.69, 9.17) is 11.5 Å². The van der Waals surface area contributed by atoms with Crippen molar-refractivity contribution >= 4 is 32.9 Å². The van der Waals surface area contributed by atoms with Crippen molar-refractivity contribution < 1.29 is 5.11 Å². The van der Waals surface area contributed by atoms with Crippen molar-refractivity contribution in [3.05, 3.63) is 42.5 Å². The van der Waals surface area contributed by atoms with Crippen LogP contribution in [0.3, 0.4) is 0 Å². The van der Waals surface area contributed by atoms with Crippen LogP contribution in [0.1, 0.15) is 0 Å². The van der Waals surface area contributed by atoms with Crippen LogP contribution in [-0.4, -0.2) is 5.11 Å². The van der Waals surface area contributed by atoms with E-state index in [9.17, 15) is 5.11 Å². The molecule has 0 aromatic heterocycles. The molecule has 3 rings (SSSR count). The molecule has 0 fully saturated rings. The molecule has 0 aliphatic carbocycles. The largest absolute Gasteiger partial charge is 0.506 e. The summed E-state index contributed by atoms with van der Waals surface area (Å²) < 4.78 is 0. The van der Waals surface area contributed by atoms with E-state index in [2.05, 4.69) is 0 Å². The van der Waals surface area contributed by atoms with Crippen LogP contribution in [0.5, 0.6) is 5.75 Å². The summed E-state index contributed by atoms with van der Waals surface area (Å²) in [6.45, 7) is 0. The van der Waals surface area contributed by atoms with Crippen LogP contribution in [0.4, 0.5) is 11.4 Å². The Bertz CT molecular complexity index is 735. The molecule has 0 unspecified atom stereocenters. The first-order chi connectivity index (χ1) is 8.13. The Kier molecular flexibility index (Phi) is 1.89. The average molecular weight is 224 g/mol. The molecular weight excluding hydrogens is 212 g/mol. The second-order valence-corrected chi connectivity index (χ2v) is 4.22. The van der Waals surface area contributed by atoms with Gasteiger partial charge in [-0.25, -0.2) is 0 Å². The number of nitrogen functional groups attached to an aromatic ring is 2. The van der Waals surface area contributed by atoms with E-state index in [1.165, 1.54) is 0 Å². The topological polar surface area (TPSA) is 72.3 Å². The highest BCUT2D eigenvalue weighted by molar-refractivity contribution is 6.01. The average Bonchev–Trinajstić information content (AvgIpc) is 2.28. The fourth-order valence-corrected chi connectivity index (χ4v) is 2.07. The van der Waals surface area contributed by atoms with Crippen molar-refractivity contribution in [3.8, 4) is 5.75 Å². The van der Waals surface area contributed by atoms with Crippen LogP contribution in [0.2, 0.25) is 0 Å². The van der Waals surface area contributed by atoms with Crippen molar-refractivity contribution in [1.29, 1.82) is 0 Å². The molecular formula is C14H12N2O. The molecule has 3 aromatic rings. The number of fused-ring (bicyclic) bond motifs is 2. The molecule has 0 saturated heterocycles. The van der Waals surface area contributed by atoms with E-state index < -0.39 is 0 Å². The Labute approximate surface area is 98.3 Å². The van der Waals surface area contributed by atoms with Crippen LogP contribution in [0.15, 0.2) is 42.5 Å². The van der Waals surface area contributed by atoms with Gasteiger partial charge in [0.1, 0.15) is 5.75 Å². The lowest BCUT2D eigenvalue weighted by atomic mass is 10.0. The highest BCUT2D eigenvalue weighted by Crippen LogP contribution is 2.30. The molecule has 0 aliphatic heterocycles. The van der Waals surface area contributed by atoms with Crippen molar-refractivity contribution in [2.24, 2.45) is 0 Å². The molecule has 17 heavy (non-hydrogen) atoms. The first-order valence-electron chi connectivity index (χ1n) is 5.35. The number of hydrogen-bond acceptors (Lipinski definition) is 3. The number of phenols is 1. The standard InChI is InChI=1S/C14H12N2O/c15-12-2-1-8-3-11-7-14(17)13(16)6-10(11)4-9(8)5-12/h1-7,17H,15-16H2.